The van der Waals surface area contributed by atoms with Gasteiger partial charge in [0.25, 0.3) is 0 Å². The van der Waals surface area contributed by atoms with E-state index in [9.17, 15) is 4.79 Å². The van der Waals surface area contributed by atoms with Crippen LogP contribution in [0, 0.1) is 0 Å². The number of H-pyrrole nitrogens is 1. The number of aromatic amines is 1. The average Bonchev–Trinajstić information content (AvgIpc) is 3.27. The van der Waals surface area contributed by atoms with Crippen molar-refractivity contribution in [2.24, 2.45) is 0 Å². The van der Waals surface area contributed by atoms with Crippen LogP contribution in [0.2, 0.25) is 5.02 Å². The van der Waals surface area contributed by atoms with E-state index >= 15 is 0 Å². The molecule has 0 unspecified atom stereocenters. The number of carbonyl (C=O) groups is 1. The molecule has 3 N–H and O–H groups in total. The molecule has 10 nitrogen and oxygen atoms in total. The van der Waals surface area contributed by atoms with Crippen LogP contribution in [-0.2, 0) is 11.4 Å². The Hall–Kier alpha value is -3.89. The zero-order chi connectivity index (χ0) is 24.6. The van der Waals surface area contributed by atoms with Gasteiger partial charge < -0.3 is 24.8 Å². The maximum Gasteiger partial charge on any atom is 0.242 e. The summed E-state index contributed by atoms with van der Waals surface area (Å²) in [6.07, 6.45) is 5.03. The third-order valence-corrected chi connectivity index (χ3v) is 5.46. The van der Waals surface area contributed by atoms with Gasteiger partial charge in [0.15, 0.2) is 0 Å². The Kier molecular flexibility index (Phi) is 7.96. The molecule has 0 aliphatic heterocycles. The summed E-state index contributed by atoms with van der Waals surface area (Å²) >= 11 is 6.45. The van der Waals surface area contributed by atoms with Gasteiger partial charge in [-0.15, -0.1) is 5.10 Å². The number of aliphatic hydroxyl groups excluding tert-OH is 1. The number of nitrogens with one attached hydrogen (secondary N) is 2. The molecule has 35 heavy (non-hydrogen) atoms. The van der Waals surface area contributed by atoms with Crippen LogP contribution in [0.3, 0.4) is 0 Å². The molecular formula is C24H25ClN6O4. The van der Waals surface area contributed by atoms with Crippen LogP contribution in [0.1, 0.15) is 12.6 Å². The molecule has 3 aromatic heterocycles. The minimum Gasteiger partial charge on any atom is -0.486 e. The minimum atomic E-state index is -0.134. The molecule has 11 heteroatoms. The van der Waals surface area contributed by atoms with Gasteiger partial charge in [-0.05, 0) is 30.3 Å². The van der Waals surface area contributed by atoms with Crippen LogP contribution < -0.4 is 14.8 Å². The number of carbonyl (C=O) groups excluding carboxylic acids is 1. The third-order valence-electron chi connectivity index (χ3n) is 5.17. The van der Waals surface area contributed by atoms with Crippen LogP contribution in [0.25, 0.3) is 10.9 Å². The van der Waals surface area contributed by atoms with E-state index in [1.807, 2.05) is 24.3 Å². The van der Waals surface area contributed by atoms with Crippen LogP contribution in [0.5, 0.6) is 11.6 Å². The normalized spacial score (nSPS) is 10.8. The highest BCUT2D eigenvalue weighted by atomic mass is 35.5. The molecule has 182 valence electrons. The first-order chi connectivity index (χ1) is 17.0. The summed E-state index contributed by atoms with van der Waals surface area (Å²) in [5.74, 6) is 0.786. The number of benzene rings is 1. The number of aromatic nitrogens is 4. The van der Waals surface area contributed by atoms with Crippen molar-refractivity contribution in [2.45, 2.75) is 13.5 Å². The summed E-state index contributed by atoms with van der Waals surface area (Å²) in [6.45, 7) is 2.45. The van der Waals surface area contributed by atoms with Gasteiger partial charge in [0, 0.05) is 25.4 Å². The molecule has 0 saturated heterocycles. The fourth-order valence-electron chi connectivity index (χ4n) is 3.43. The van der Waals surface area contributed by atoms with E-state index in [1.165, 1.54) is 11.8 Å². The minimum absolute atomic E-state index is 0.111. The first-order valence-corrected chi connectivity index (χ1v) is 11.3. The van der Waals surface area contributed by atoms with E-state index in [2.05, 4.69) is 25.5 Å². The largest absolute Gasteiger partial charge is 0.486 e. The number of amides is 1. The van der Waals surface area contributed by atoms with Crippen molar-refractivity contribution in [3.8, 4) is 11.6 Å². The Morgan fingerprint density at radius 1 is 1.20 bits per heavy atom. The van der Waals surface area contributed by atoms with Crippen molar-refractivity contribution in [3.63, 3.8) is 0 Å². The van der Waals surface area contributed by atoms with Crippen LogP contribution in [0.15, 0.2) is 55.0 Å². The lowest BCUT2D eigenvalue weighted by molar-refractivity contribution is -0.129. The highest BCUT2D eigenvalue weighted by Crippen LogP contribution is 2.34. The maximum atomic E-state index is 11.7. The summed E-state index contributed by atoms with van der Waals surface area (Å²) in [7, 11) is 0. The summed E-state index contributed by atoms with van der Waals surface area (Å²) in [5.41, 5.74) is 2.89. The van der Waals surface area contributed by atoms with Crippen LogP contribution in [0.4, 0.5) is 11.4 Å². The second kappa shape index (κ2) is 11.5. The summed E-state index contributed by atoms with van der Waals surface area (Å²) in [5, 5.41) is 20.7. The van der Waals surface area contributed by atoms with E-state index in [0.29, 0.717) is 46.4 Å². The third kappa shape index (κ3) is 6.17. The second-order valence-electron chi connectivity index (χ2n) is 7.60. The maximum absolute atomic E-state index is 11.7. The number of rotatable bonds is 11. The molecule has 1 aromatic carbocycles. The SMILES string of the molecule is CC(=O)N(CCO)CCOc1n[nH]c2cncc(Nc3ccc(OCc4ccccn4)c(Cl)c3)c12. The fraction of sp³-hybridized carbons (Fsp3) is 0.250. The molecule has 0 spiro atoms. The molecule has 0 bridgehead atoms. The predicted molar refractivity (Wildman–Crippen MR) is 132 cm³/mol. The van der Waals surface area contributed by atoms with Crippen molar-refractivity contribution >= 4 is 39.8 Å². The molecule has 0 aliphatic rings. The Morgan fingerprint density at radius 3 is 2.83 bits per heavy atom. The number of ether oxygens (including phenoxy) is 2. The van der Waals surface area contributed by atoms with Crippen molar-refractivity contribution in [1.29, 1.82) is 0 Å². The molecule has 1 amide bonds. The molecule has 0 atom stereocenters. The number of aliphatic hydroxyl groups is 1. The van der Waals surface area contributed by atoms with Gasteiger partial charge >= 0.3 is 0 Å². The first-order valence-electron chi connectivity index (χ1n) is 11.0. The number of pyridine rings is 2. The Morgan fingerprint density at radius 2 is 2.09 bits per heavy atom. The monoisotopic (exact) mass is 496 g/mol. The zero-order valence-electron chi connectivity index (χ0n) is 19.1. The molecule has 0 aliphatic carbocycles. The van der Waals surface area contributed by atoms with Crippen LogP contribution >= 0.6 is 11.6 Å². The van der Waals surface area contributed by atoms with E-state index in [0.717, 1.165) is 11.4 Å². The van der Waals surface area contributed by atoms with Crippen molar-refractivity contribution in [3.05, 3.63) is 65.7 Å². The van der Waals surface area contributed by atoms with E-state index in [-0.39, 0.29) is 25.7 Å². The molecule has 4 rings (SSSR count). The molecule has 0 radical (unpaired) electrons. The van der Waals surface area contributed by atoms with E-state index in [4.69, 9.17) is 26.2 Å². The van der Waals surface area contributed by atoms with Crippen molar-refractivity contribution in [1.82, 2.24) is 25.1 Å². The molecule has 0 saturated carbocycles. The van der Waals surface area contributed by atoms with Crippen molar-refractivity contribution < 1.29 is 19.4 Å². The zero-order valence-corrected chi connectivity index (χ0v) is 19.8. The van der Waals surface area contributed by atoms with Gasteiger partial charge in [-0.2, -0.15) is 0 Å². The Balaban J connectivity index is 1.45. The van der Waals surface area contributed by atoms with E-state index < -0.39 is 0 Å². The van der Waals surface area contributed by atoms with E-state index in [1.54, 1.807) is 30.7 Å². The standard InChI is InChI=1S/C24H25ClN6O4/c1-16(33)31(8-10-32)9-11-34-24-23-20(13-26-14-21(23)29-30-24)28-17-5-6-22(19(25)12-17)35-15-18-4-2-3-7-27-18/h2-7,12-14,28,32H,8-11,15H2,1H3,(H,29,30). The van der Waals surface area contributed by atoms with Gasteiger partial charge in [-0.1, -0.05) is 17.7 Å². The number of anilines is 2. The van der Waals surface area contributed by atoms with Gasteiger partial charge in [0.05, 0.1) is 52.9 Å². The second-order valence-corrected chi connectivity index (χ2v) is 8.00. The molecule has 0 fully saturated rings. The summed E-state index contributed by atoms with van der Waals surface area (Å²) < 4.78 is 11.6. The lowest BCUT2D eigenvalue weighted by Crippen LogP contribution is -2.35. The number of halogens is 1. The van der Waals surface area contributed by atoms with Gasteiger partial charge in [0.2, 0.25) is 11.8 Å². The number of hydrogen-bond donors (Lipinski definition) is 3. The summed E-state index contributed by atoms with van der Waals surface area (Å²) in [4.78, 5) is 21.7. The molecule has 4 aromatic rings. The number of hydrogen-bond acceptors (Lipinski definition) is 8. The van der Waals surface area contributed by atoms with Crippen molar-refractivity contribution in [2.75, 3.05) is 31.6 Å². The van der Waals surface area contributed by atoms with Gasteiger partial charge in [-0.25, -0.2) is 0 Å². The Labute approximate surface area is 206 Å². The Bertz CT molecular complexity index is 1280. The smallest absolute Gasteiger partial charge is 0.242 e. The number of nitrogens with zero attached hydrogens (tertiary/aromatic N) is 4. The molecular weight excluding hydrogens is 472 g/mol. The average molecular weight is 497 g/mol. The predicted octanol–water partition coefficient (Wildman–Crippen LogP) is 3.55. The topological polar surface area (TPSA) is 125 Å². The van der Waals surface area contributed by atoms with Gasteiger partial charge in [0.1, 0.15) is 19.0 Å². The molecule has 3 heterocycles. The lowest BCUT2D eigenvalue weighted by atomic mass is 10.2. The highest BCUT2D eigenvalue weighted by molar-refractivity contribution is 6.32. The highest BCUT2D eigenvalue weighted by Gasteiger charge is 2.15. The van der Waals surface area contributed by atoms with Gasteiger partial charge in [-0.3, -0.25) is 19.9 Å². The first kappa shape index (κ1) is 24.2. The van der Waals surface area contributed by atoms with Crippen LogP contribution in [-0.4, -0.2) is 62.4 Å². The lowest BCUT2D eigenvalue weighted by Gasteiger charge is -2.19. The summed E-state index contributed by atoms with van der Waals surface area (Å²) in [6, 6.07) is 11.0. The quantitative estimate of drug-likeness (QED) is 0.288. The number of fused-ring (bicyclic) bond motifs is 1. The fourth-order valence-corrected chi connectivity index (χ4v) is 3.66.